The Labute approximate surface area is 114 Å². The molecule has 0 saturated heterocycles. The van der Waals surface area contributed by atoms with Crippen molar-refractivity contribution in [2.24, 2.45) is 5.41 Å². The van der Waals surface area contributed by atoms with Crippen LogP contribution < -0.4 is 0 Å². The molecule has 0 nitrogen and oxygen atoms in total. The fraction of sp³-hybridized carbons (Fsp3) is 0.636. The second-order valence-corrected chi connectivity index (χ2v) is 6.37. The lowest BCUT2D eigenvalue weighted by atomic mass is 9.83. The van der Waals surface area contributed by atoms with Gasteiger partial charge in [-0.2, -0.15) is 0 Å². The monoisotopic (exact) mass is 328 g/mol. The SMILES string of the molecule is CCCC(CCl)(CCl)Cc1cc(Br)cs1. The smallest absolute Gasteiger partial charge is 0.0294 e. The van der Waals surface area contributed by atoms with E-state index in [1.165, 1.54) is 4.88 Å². The molecule has 0 spiro atoms. The first-order chi connectivity index (χ1) is 7.15. The van der Waals surface area contributed by atoms with Crippen molar-refractivity contribution in [1.29, 1.82) is 0 Å². The summed E-state index contributed by atoms with van der Waals surface area (Å²) in [5.41, 5.74) is 0.0716. The Bertz CT molecular complexity index is 295. The highest BCUT2D eigenvalue weighted by atomic mass is 79.9. The number of hydrogen-bond acceptors (Lipinski definition) is 1. The van der Waals surface area contributed by atoms with Crippen LogP contribution in [0.4, 0.5) is 0 Å². The summed E-state index contributed by atoms with van der Waals surface area (Å²) in [4.78, 5) is 1.36. The molecule has 0 aromatic carbocycles. The van der Waals surface area contributed by atoms with Crippen molar-refractivity contribution in [2.45, 2.75) is 26.2 Å². The van der Waals surface area contributed by atoms with E-state index in [-0.39, 0.29) is 5.41 Å². The molecule has 86 valence electrons. The minimum absolute atomic E-state index is 0.0716. The standard InChI is InChI=1S/C11H15BrCl2S/c1-2-3-11(7-13,8-14)5-10-4-9(12)6-15-10/h4,6H,2-3,5,7-8H2,1H3. The zero-order chi connectivity index (χ0) is 11.3. The van der Waals surface area contributed by atoms with E-state index >= 15 is 0 Å². The Hall–Kier alpha value is 0.760. The quantitative estimate of drug-likeness (QED) is 0.620. The van der Waals surface area contributed by atoms with Crippen molar-refractivity contribution < 1.29 is 0 Å². The molecular formula is C11H15BrCl2S. The summed E-state index contributed by atoms with van der Waals surface area (Å²) in [5, 5.41) is 2.11. The second-order valence-electron chi connectivity index (χ2n) is 3.93. The lowest BCUT2D eigenvalue weighted by Gasteiger charge is -2.28. The van der Waals surface area contributed by atoms with Crippen LogP contribution in [-0.2, 0) is 6.42 Å². The van der Waals surface area contributed by atoms with E-state index < -0.39 is 0 Å². The van der Waals surface area contributed by atoms with E-state index in [2.05, 4.69) is 34.3 Å². The van der Waals surface area contributed by atoms with Gasteiger partial charge < -0.3 is 0 Å². The molecule has 0 N–H and O–H groups in total. The van der Waals surface area contributed by atoms with Gasteiger partial charge in [0.2, 0.25) is 0 Å². The third kappa shape index (κ3) is 3.92. The van der Waals surface area contributed by atoms with Crippen molar-refractivity contribution in [1.82, 2.24) is 0 Å². The van der Waals surface area contributed by atoms with Gasteiger partial charge in [-0.15, -0.1) is 34.5 Å². The van der Waals surface area contributed by atoms with Gasteiger partial charge in [0.05, 0.1) is 0 Å². The molecule has 0 fully saturated rings. The Kier molecular flexibility index (Phi) is 5.98. The van der Waals surface area contributed by atoms with E-state index in [4.69, 9.17) is 23.2 Å². The van der Waals surface area contributed by atoms with Gasteiger partial charge in [-0.3, -0.25) is 0 Å². The summed E-state index contributed by atoms with van der Waals surface area (Å²) in [6.45, 7) is 2.18. The Morgan fingerprint density at radius 3 is 2.47 bits per heavy atom. The van der Waals surface area contributed by atoms with Crippen molar-refractivity contribution in [3.8, 4) is 0 Å². The van der Waals surface area contributed by atoms with Crippen LogP contribution in [0.5, 0.6) is 0 Å². The molecule has 0 bridgehead atoms. The molecule has 0 radical (unpaired) electrons. The molecule has 1 rings (SSSR count). The van der Waals surface area contributed by atoms with Crippen LogP contribution in [0, 0.1) is 5.41 Å². The number of rotatable bonds is 6. The summed E-state index contributed by atoms with van der Waals surface area (Å²) in [6, 6.07) is 2.16. The summed E-state index contributed by atoms with van der Waals surface area (Å²) >= 11 is 17.4. The van der Waals surface area contributed by atoms with Crippen LogP contribution in [0.15, 0.2) is 15.9 Å². The van der Waals surface area contributed by atoms with E-state index in [1.54, 1.807) is 11.3 Å². The lowest BCUT2D eigenvalue weighted by Crippen LogP contribution is -2.27. The van der Waals surface area contributed by atoms with E-state index in [1.807, 2.05) is 0 Å². The van der Waals surface area contributed by atoms with Crippen molar-refractivity contribution in [3.63, 3.8) is 0 Å². The average molecular weight is 330 g/mol. The molecule has 1 aromatic heterocycles. The third-order valence-corrected chi connectivity index (χ3v) is 5.35. The number of hydrogen-bond donors (Lipinski definition) is 0. The van der Waals surface area contributed by atoms with Crippen LogP contribution >= 0.6 is 50.5 Å². The number of alkyl halides is 2. The first-order valence-electron chi connectivity index (χ1n) is 5.00. The predicted molar refractivity (Wildman–Crippen MR) is 74.5 cm³/mol. The Morgan fingerprint density at radius 2 is 2.07 bits per heavy atom. The van der Waals surface area contributed by atoms with Gasteiger partial charge in [-0.05, 0) is 34.8 Å². The predicted octanol–water partition coefficient (Wildman–Crippen LogP) is 5.32. The molecule has 0 amide bonds. The summed E-state index contributed by atoms with van der Waals surface area (Å²) in [6.07, 6.45) is 3.21. The minimum atomic E-state index is 0.0716. The first kappa shape index (κ1) is 13.8. The molecule has 4 heteroatoms. The second kappa shape index (κ2) is 6.48. The van der Waals surface area contributed by atoms with Crippen LogP contribution in [-0.4, -0.2) is 11.8 Å². The molecule has 1 heterocycles. The van der Waals surface area contributed by atoms with Gasteiger partial charge >= 0.3 is 0 Å². The normalized spacial score (nSPS) is 12.0. The molecule has 0 saturated carbocycles. The van der Waals surface area contributed by atoms with Crippen LogP contribution in [0.1, 0.15) is 24.6 Å². The maximum atomic E-state index is 6.07. The lowest BCUT2D eigenvalue weighted by molar-refractivity contribution is 0.343. The van der Waals surface area contributed by atoms with Crippen LogP contribution in [0.2, 0.25) is 0 Å². The molecule has 0 unspecified atom stereocenters. The highest BCUT2D eigenvalue weighted by Crippen LogP contribution is 2.34. The molecule has 0 aliphatic carbocycles. The largest absolute Gasteiger partial charge is 0.148 e. The van der Waals surface area contributed by atoms with Gasteiger partial charge in [0.15, 0.2) is 0 Å². The number of thiophene rings is 1. The van der Waals surface area contributed by atoms with Gasteiger partial charge in [0.1, 0.15) is 0 Å². The van der Waals surface area contributed by atoms with E-state index in [9.17, 15) is 0 Å². The Balaban J connectivity index is 2.73. The maximum absolute atomic E-state index is 6.07. The van der Waals surface area contributed by atoms with Crippen LogP contribution in [0.3, 0.4) is 0 Å². The molecule has 0 atom stereocenters. The zero-order valence-corrected chi connectivity index (χ0v) is 12.6. The highest BCUT2D eigenvalue weighted by molar-refractivity contribution is 9.10. The average Bonchev–Trinajstić information content (AvgIpc) is 2.63. The van der Waals surface area contributed by atoms with Crippen molar-refractivity contribution in [3.05, 3.63) is 20.8 Å². The molecule has 15 heavy (non-hydrogen) atoms. The summed E-state index contributed by atoms with van der Waals surface area (Å²) in [5.74, 6) is 1.28. The fourth-order valence-electron chi connectivity index (χ4n) is 1.70. The van der Waals surface area contributed by atoms with E-state index in [0.29, 0.717) is 11.8 Å². The molecule has 1 aromatic rings. The summed E-state index contributed by atoms with van der Waals surface area (Å²) in [7, 11) is 0. The van der Waals surface area contributed by atoms with Crippen LogP contribution in [0.25, 0.3) is 0 Å². The van der Waals surface area contributed by atoms with Crippen molar-refractivity contribution in [2.75, 3.05) is 11.8 Å². The third-order valence-electron chi connectivity index (χ3n) is 2.52. The molecule has 0 aliphatic rings. The first-order valence-corrected chi connectivity index (χ1v) is 7.75. The van der Waals surface area contributed by atoms with Gasteiger partial charge in [-0.25, -0.2) is 0 Å². The van der Waals surface area contributed by atoms with Gasteiger partial charge in [-0.1, -0.05) is 13.3 Å². The highest BCUT2D eigenvalue weighted by Gasteiger charge is 2.28. The van der Waals surface area contributed by atoms with Gasteiger partial charge in [0.25, 0.3) is 0 Å². The Morgan fingerprint density at radius 1 is 1.40 bits per heavy atom. The maximum Gasteiger partial charge on any atom is 0.0294 e. The summed E-state index contributed by atoms with van der Waals surface area (Å²) < 4.78 is 1.15. The fourth-order valence-corrected chi connectivity index (χ4v) is 4.07. The minimum Gasteiger partial charge on any atom is -0.148 e. The molecule has 0 aliphatic heterocycles. The zero-order valence-electron chi connectivity index (χ0n) is 8.73. The van der Waals surface area contributed by atoms with Gasteiger partial charge in [0, 0.05) is 31.9 Å². The van der Waals surface area contributed by atoms with Crippen molar-refractivity contribution >= 4 is 50.5 Å². The van der Waals surface area contributed by atoms with E-state index in [0.717, 1.165) is 23.7 Å². The topological polar surface area (TPSA) is 0 Å². The molecular weight excluding hydrogens is 315 g/mol. The number of halogens is 3.